The Morgan fingerprint density at radius 2 is 1.93 bits per heavy atom. The highest BCUT2D eigenvalue weighted by molar-refractivity contribution is 5.88. The van der Waals surface area contributed by atoms with Crippen LogP contribution in [0, 0.1) is 12.8 Å². The molecule has 1 heterocycles. The smallest absolute Gasteiger partial charge is 0.336 e. The van der Waals surface area contributed by atoms with Gasteiger partial charge in [-0.15, -0.1) is 0 Å². The van der Waals surface area contributed by atoms with Gasteiger partial charge >= 0.3 is 11.6 Å². The van der Waals surface area contributed by atoms with Gasteiger partial charge in [-0.25, -0.2) is 9.59 Å². The van der Waals surface area contributed by atoms with E-state index in [4.69, 9.17) is 9.15 Å². The molecular weight excluding hydrogens is 380 g/mol. The summed E-state index contributed by atoms with van der Waals surface area (Å²) >= 11 is 0. The quantitative estimate of drug-likeness (QED) is 0.535. The SMILES string of the molecule is CC[C@@H](C)[C@H](NC(=O)CNC(=O)COc1ccc2c(C)cc(=O)oc2c1)C(=O)O. The van der Waals surface area contributed by atoms with Crippen LogP contribution in [0.5, 0.6) is 5.75 Å². The number of hydrogen-bond acceptors (Lipinski definition) is 6. The largest absolute Gasteiger partial charge is 0.484 e. The van der Waals surface area contributed by atoms with Gasteiger partial charge in [0.05, 0.1) is 6.54 Å². The maximum Gasteiger partial charge on any atom is 0.336 e. The van der Waals surface area contributed by atoms with Crippen LogP contribution in [0.15, 0.2) is 33.5 Å². The number of ether oxygens (including phenoxy) is 1. The molecule has 0 fully saturated rings. The zero-order valence-corrected chi connectivity index (χ0v) is 16.5. The first kappa shape index (κ1) is 21.9. The fraction of sp³-hybridized carbons (Fsp3) is 0.400. The summed E-state index contributed by atoms with van der Waals surface area (Å²) in [6, 6.07) is 5.23. The van der Waals surface area contributed by atoms with Gasteiger partial charge in [-0.1, -0.05) is 20.3 Å². The molecular formula is C20H24N2O7. The zero-order chi connectivity index (χ0) is 21.6. The van der Waals surface area contributed by atoms with E-state index in [1.807, 2.05) is 6.92 Å². The van der Waals surface area contributed by atoms with E-state index in [0.29, 0.717) is 17.8 Å². The zero-order valence-electron chi connectivity index (χ0n) is 16.5. The number of nitrogens with one attached hydrogen (secondary N) is 2. The highest BCUT2D eigenvalue weighted by Crippen LogP contribution is 2.22. The lowest BCUT2D eigenvalue weighted by atomic mass is 9.99. The van der Waals surface area contributed by atoms with Gasteiger partial charge in [0.25, 0.3) is 5.91 Å². The number of rotatable bonds is 9. The van der Waals surface area contributed by atoms with Gasteiger partial charge in [0, 0.05) is 17.5 Å². The van der Waals surface area contributed by atoms with Gasteiger partial charge in [-0.2, -0.15) is 0 Å². The lowest BCUT2D eigenvalue weighted by Gasteiger charge is -2.20. The molecule has 2 rings (SSSR count). The first-order valence-electron chi connectivity index (χ1n) is 9.17. The van der Waals surface area contributed by atoms with Crippen molar-refractivity contribution in [2.45, 2.75) is 33.2 Å². The lowest BCUT2D eigenvalue weighted by Crippen LogP contribution is -2.48. The summed E-state index contributed by atoms with van der Waals surface area (Å²) in [4.78, 5) is 46.5. The normalized spacial score (nSPS) is 12.8. The molecule has 9 heteroatoms. The van der Waals surface area contributed by atoms with Crippen LogP contribution in [0.25, 0.3) is 11.0 Å². The molecule has 2 amide bonds. The van der Waals surface area contributed by atoms with Crippen molar-refractivity contribution >= 4 is 28.8 Å². The van der Waals surface area contributed by atoms with E-state index in [0.717, 1.165) is 10.9 Å². The van der Waals surface area contributed by atoms with Crippen molar-refractivity contribution in [2.24, 2.45) is 5.92 Å². The van der Waals surface area contributed by atoms with Crippen molar-refractivity contribution in [3.05, 3.63) is 40.2 Å². The van der Waals surface area contributed by atoms with E-state index in [1.165, 1.54) is 12.1 Å². The van der Waals surface area contributed by atoms with Crippen LogP contribution in [0.3, 0.4) is 0 Å². The molecule has 0 aliphatic carbocycles. The predicted octanol–water partition coefficient (Wildman–Crippen LogP) is 1.21. The van der Waals surface area contributed by atoms with E-state index < -0.39 is 29.5 Å². The Kier molecular flexibility index (Phi) is 7.35. The predicted molar refractivity (Wildman–Crippen MR) is 105 cm³/mol. The second-order valence-electron chi connectivity index (χ2n) is 6.74. The highest BCUT2D eigenvalue weighted by Gasteiger charge is 2.25. The molecule has 9 nitrogen and oxygen atoms in total. The number of carboxylic acid groups (broad SMARTS) is 1. The number of carboxylic acids is 1. The Balaban J connectivity index is 1.87. The minimum atomic E-state index is -1.12. The number of amides is 2. The topological polar surface area (TPSA) is 135 Å². The highest BCUT2D eigenvalue weighted by atomic mass is 16.5. The Bertz CT molecular complexity index is 967. The second-order valence-corrected chi connectivity index (χ2v) is 6.74. The van der Waals surface area contributed by atoms with E-state index in [2.05, 4.69) is 10.6 Å². The number of carbonyl (C=O) groups excluding carboxylic acids is 2. The monoisotopic (exact) mass is 404 g/mol. The second kappa shape index (κ2) is 9.72. The maximum atomic E-state index is 11.9. The molecule has 1 aromatic carbocycles. The van der Waals surface area contributed by atoms with Crippen LogP contribution in [-0.4, -0.2) is 42.1 Å². The van der Waals surface area contributed by atoms with E-state index in [9.17, 15) is 24.3 Å². The molecule has 156 valence electrons. The Morgan fingerprint density at radius 3 is 2.59 bits per heavy atom. The molecule has 0 aliphatic heterocycles. The van der Waals surface area contributed by atoms with Gasteiger partial charge in [0.1, 0.15) is 17.4 Å². The Labute approximate surface area is 167 Å². The van der Waals surface area contributed by atoms with Crippen molar-refractivity contribution in [2.75, 3.05) is 13.2 Å². The average molecular weight is 404 g/mol. The van der Waals surface area contributed by atoms with Crippen LogP contribution < -0.4 is 21.0 Å². The molecule has 0 radical (unpaired) electrons. The van der Waals surface area contributed by atoms with Gasteiger partial charge in [-0.05, 0) is 30.5 Å². The summed E-state index contributed by atoms with van der Waals surface area (Å²) in [5, 5.41) is 14.7. The summed E-state index contributed by atoms with van der Waals surface area (Å²) in [7, 11) is 0. The van der Waals surface area contributed by atoms with Gasteiger partial charge in [-0.3, -0.25) is 9.59 Å². The summed E-state index contributed by atoms with van der Waals surface area (Å²) in [5.74, 6) is -2.20. The van der Waals surface area contributed by atoms with Crippen LogP contribution >= 0.6 is 0 Å². The maximum absolute atomic E-state index is 11.9. The molecule has 0 aliphatic rings. The fourth-order valence-electron chi connectivity index (χ4n) is 2.68. The number of aryl methyl sites for hydroxylation is 1. The molecule has 3 N–H and O–H groups in total. The molecule has 29 heavy (non-hydrogen) atoms. The van der Waals surface area contributed by atoms with Crippen LogP contribution in [-0.2, 0) is 14.4 Å². The molecule has 0 unspecified atom stereocenters. The lowest BCUT2D eigenvalue weighted by molar-refractivity contribution is -0.143. The minimum Gasteiger partial charge on any atom is -0.484 e. The van der Waals surface area contributed by atoms with Crippen molar-refractivity contribution < 1.29 is 28.6 Å². The Morgan fingerprint density at radius 1 is 1.21 bits per heavy atom. The van der Waals surface area contributed by atoms with Gasteiger partial charge < -0.3 is 24.9 Å². The average Bonchev–Trinajstić information content (AvgIpc) is 2.67. The fourth-order valence-corrected chi connectivity index (χ4v) is 2.68. The van der Waals surface area contributed by atoms with Crippen LogP contribution in [0.1, 0.15) is 25.8 Å². The van der Waals surface area contributed by atoms with Crippen molar-refractivity contribution in [3.63, 3.8) is 0 Å². The molecule has 1 aromatic heterocycles. The first-order valence-corrected chi connectivity index (χ1v) is 9.17. The van der Waals surface area contributed by atoms with E-state index >= 15 is 0 Å². The third-order valence-electron chi connectivity index (χ3n) is 4.53. The molecule has 0 saturated carbocycles. The summed E-state index contributed by atoms with van der Waals surface area (Å²) in [5.41, 5.74) is 0.633. The molecule has 0 spiro atoms. The van der Waals surface area contributed by atoms with E-state index in [-0.39, 0.29) is 19.1 Å². The molecule has 0 bridgehead atoms. The number of hydrogen-bond donors (Lipinski definition) is 3. The third kappa shape index (κ3) is 6.06. The Hall–Kier alpha value is -3.36. The summed E-state index contributed by atoms with van der Waals surface area (Å²) in [6.07, 6.45) is 0.586. The minimum absolute atomic E-state index is 0.243. The molecule has 2 aromatic rings. The number of carbonyl (C=O) groups is 3. The summed E-state index contributed by atoms with van der Waals surface area (Å²) in [6.45, 7) is 4.61. The van der Waals surface area contributed by atoms with Crippen molar-refractivity contribution in [1.29, 1.82) is 0 Å². The first-order chi connectivity index (χ1) is 13.7. The van der Waals surface area contributed by atoms with Crippen LogP contribution in [0.2, 0.25) is 0 Å². The van der Waals surface area contributed by atoms with Gasteiger partial charge in [0.2, 0.25) is 5.91 Å². The van der Waals surface area contributed by atoms with Gasteiger partial charge in [0.15, 0.2) is 6.61 Å². The molecule has 2 atom stereocenters. The van der Waals surface area contributed by atoms with Crippen LogP contribution in [0.4, 0.5) is 0 Å². The van der Waals surface area contributed by atoms with Crippen molar-refractivity contribution in [1.82, 2.24) is 10.6 Å². The standard InChI is InChI=1S/C20H24N2O7/c1-4-11(2)19(20(26)27)22-16(23)9-21-17(24)10-28-13-5-6-14-12(3)7-18(25)29-15(14)8-13/h5-8,11,19H,4,9-10H2,1-3H3,(H,21,24)(H,22,23)(H,26,27)/t11-,19+/m1/s1. The molecule has 0 saturated heterocycles. The van der Waals surface area contributed by atoms with E-state index in [1.54, 1.807) is 26.0 Å². The number of aliphatic carboxylic acids is 1. The third-order valence-corrected chi connectivity index (χ3v) is 4.53. The number of benzene rings is 1. The number of fused-ring (bicyclic) bond motifs is 1. The summed E-state index contributed by atoms with van der Waals surface area (Å²) < 4.78 is 10.5. The van der Waals surface area contributed by atoms with Crippen molar-refractivity contribution in [3.8, 4) is 5.75 Å².